The van der Waals surface area contributed by atoms with E-state index in [0.29, 0.717) is 0 Å². The molecule has 0 saturated heterocycles. The van der Waals surface area contributed by atoms with Crippen LogP contribution < -0.4 is 0 Å². The highest BCUT2D eigenvalue weighted by Gasteiger charge is 2.09. The molecule has 5 heteroatoms. The van der Waals surface area contributed by atoms with E-state index < -0.39 is 0 Å². The fraction of sp³-hybridized carbons (Fsp3) is 0.200. The number of fused-ring (bicyclic) bond motifs is 1. The molecular formula is C20H19N5. The molecule has 0 saturated carbocycles. The Kier molecular flexibility index (Phi) is 3.98. The topological polar surface area (TPSA) is 56.5 Å². The highest BCUT2D eigenvalue weighted by atomic mass is 15.0. The first-order valence-electron chi connectivity index (χ1n) is 8.35. The summed E-state index contributed by atoms with van der Waals surface area (Å²) in [5, 5.41) is 0. The molecule has 25 heavy (non-hydrogen) atoms. The summed E-state index contributed by atoms with van der Waals surface area (Å²) in [5.74, 6) is 1.03. The van der Waals surface area contributed by atoms with Gasteiger partial charge in [0.05, 0.1) is 22.4 Å². The number of aromatic nitrogens is 5. The smallest absolute Gasteiger partial charge is 0.109 e. The van der Waals surface area contributed by atoms with Gasteiger partial charge in [-0.25, -0.2) is 9.97 Å². The van der Waals surface area contributed by atoms with Crippen molar-refractivity contribution in [2.75, 3.05) is 0 Å². The number of hydrogen-bond donors (Lipinski definition) is 0. The van der Waals surface area contributed by atoms with Gasteiger partial charge in [0.2, 0.25) is 0 Å². The zero-order valence-electron chi connectivity index (χ0n) is 14.3. The molecule has 1 aromatic carbocycles. The summed E-state index contributed by atoms with van der Waals surface area (Å²) in [6.07, 6.45) is 7.41. The van der Waals surface area contributed by atoms with E-state index >= 15 is 0 Å². The van der Waals surface area contributed by atoms with Gasteiger partial charge in [-0.1, -0.05) is 12.1 Å². The lowest BCUT2D eigenvalue weighted by Crippen LogP contribution is -2.02. The lowest BCUT2D eigenvalue weighted by Gasteiger charge is -2.03. The number of nitrogens with zero attached hydrogens (tertiary/aromatic N) is 5. The van der Waals surface area contributed by atoms with Crippen LogP contribution in [0.25, 0.3) is 22.3 Å². The Morgan fingerprint density at radius 1 is 0.880 bits per heavy atom. The molecule has 0 aliphatic heterocycles. The maximum absolute atomic E-state index is 4.76. The highest BCUT2D eigenvalue weighted by Crippen LogP contribution is 2.18. The SMILES string of the molecule is Cc1ccc(-c2cn(C)c(CCc3cnc4ccccc4n3)n2)cn1. The Bertz CT molecular complexity index is 1020. The number of benzene rings is 1. The normalized spacial score (nSPS) is 11.1. The van der Waals surface area contributed by atoms with E-state index in [9.17, 15) is 0 Å². The summed E-state index contributed by atoms with van der Waals surface area (Å²) in [4.78, 5) is 18.3. The quantitative estimate of drug-likeness (QED) is 0.575. The molecule has 4 aromatic rings. The minimum absolute atomic E-state index is 0.814. The van der Waals surface area contributed by atoms with E-state index in [0.717, 1.165) is 52.3 Å². The van der Waals surface area contributed by atoms with E-state index in [2.05, 4.69) is 25.6 Å². The number of hydrogen-bond acceptors (Lipinski definition) is 4. The molecule has 124 valence electrons. The highest BCUT2D eigenvalue weighted by molar-refractivity contribution is 5.73. The van der Waals surface area contributed by atoms with Gasteiger partial charge in [0.25, 0.3) is 0 Å². The molecule has 3 aromatic heterocycles. The van der Waals surface area contributed by atoms with Crippen LogP contribution in [0.3, 0.4) is 0 Å². The minimum atomic E-state index is 0.814. The van der Waals surface area contributed by atoms with Crippen LogP contribution in [0, 0.1) is 6.92 Å². The van der Waals surface area contributed by atoms with Crippen molar-refractivity contribution in [3.63, 3.8) is 0 Å². The van der Waals surface area contributed by atoms with Gasteiger partial charge >= 0.3 is 0 Å². The van der Waals surface area contributed by atoms with Gasteiger partial charge < -0.3 is 4.57 Å². The number of imidazole rings is 1. The van der Waals surface area contributed by atoms with Crippen molar-refractivity contribution in [1.82, 2.24) is 24.5 Å². The minimum Gasteiger partial charge on any atom is -0.337 e. The van der Waals surface area contributed by atoms with Crippen molar-refractivity contribution < 1.29 is 0 Å². The fourth-order valence-corrected chi connectivity index (χ4v) is 2.85. The average Bonchev–Trinajstić information content (AvgIpc) is 3.01. The van der Waals surface area contributed by atoms with Crippen molar-refractivity contribution in [3.8, 4) is 11.3 Å². The molecular weight excluding hydrogens is 310 g/mol. The first-order chi connectivity index (χ1) is 12.2. The van der Waals surface area contributed by atoms with Crippen LogP contribution >= 0.6 is 0 Å². The Balaban J connectivity index is 1.53. The number of rotatable bonds is 4. The summed E-state index contributed by atoms with van der Waals surface area (Å²) < 4.78 is 2.07. The third-order valence-corrected chi connectivity index (χ3v) is 4.28. The maximum atomic E-state index is 4.76. The summed E-state index contributed by atoms with van der Waals surface area (Å²) in [6, 6.07) is 12.0. The predicted molar refractivity (Wildman–Crippen MR) is 98.1 cm³/mol. The summed E-state index contributed by atoms with van der Waals surface area (Å²) >= 11 is 0. The lowest BCUT2D eigenvalue weighted by molar-refractivity contribution is 0.762. The van der Waals surface area contributed by atoms with Gasteiger partial charge in [0.1, 0.15) is 5.82 Å². The third-order valence-electron chi connectivity index (χ3n) is 4.28. The van der Waals surface area contributed by atoms with Gasteiger partial charge in [0, 0.05) is 43.3 Å². The zero-order valence-corrected chi connectivity index (χ0v) is 14.3. The monoisotopic (exact) mass is 329 g/mol. The van der Waals surface area contributed by atoms with E-state index in [-0.39, 0.29) is 0 Å². The van der Waals surface area contributed by atoms with Crippen LogP contribution in [-0.4, -0.2) is 24.5 Å². The van der Waals surface area contributed by atoms with E-state index in [4.69, 9.17) is 4.98 Å². The van der Waals surface area contributed by atoms with Gasteiger partial charge in [-0.15, -0.1) is 0 Å². The third kappa shape index (κ3) is 3.26. The van der Waals surface area contributed by atoms with Crippen LogP contribution in [0.5, 0.6) is 0 Å². The van der Waals surface area contributed by atoms with Crippen molar-refractivity contribution in [2.24, 2.45) is 7.05 Å². The molecule has 0 atom stereocenters. The van der Waals surface area contributed by atoms with Crippen molar-refractivity contribution in [2.45, 2.75) is 19.8 Å². The molecule has 0 radical (unpaired) electrons. The Morgan fingerprint density at radius 3 is 2.52 bits per heavy atom. The molecule has 4 rings (SSSR count). The average molecular weight is 329 g/mol. The number of para-hydroxylation sites is 2. The van der Waals surface area contributed by atoms with Gasteiger partial charge in [0.15, 0.2) is 0 Å². The molecule has 0 aliphatic rings. The second kappa shape index (κ2) is 6.43. The molecule has 3 heterocycles. The standard InChI is InChI=1S/C20H19N5/c1-14-7-8-15(11-21-14)19-13-25(2)20(24-19)10-9-16-12-22-17-5-3-4-6-18(17)23-16/h3-8,11-13H,9-10H2,1-2H3. The molecule has 0 unspecified atom stereocenters. The van der Waals surface area contributed by atoms with Crippen LogP contribution in [0.4, 0.5) is 0 Å². The van der Waals surface area contributed by atoms with Crippen molar-refractivity contribution in [1.29, 1.82) is 0 Å². The summed E-state index contributed by atoms with van der Waals surface area (Å²) in [6.45, 7) is 1.98. The molecule has 0 amide bonds. The van der Waals surface area contributed by atoms with Crippen LogP contribution in [0.2, 0.25) is 0 Å². The number of aryl methyl sites for hydroxylation is 4. The van der Waals surface area contributed by atoms with Crippen LogP contribution in [-0.2, 0) is 19.9 Å². The lowest BCUT2D eigenvalue weighted by atomic mass is 10.2. The maximum Gasteiger partial charge on any atom is 0.109 e. The van der Waals surface area contributed by atoms with Crippen LogP contribution in [0.15, 0.2) is 55.0 Å². The second-order valence-electron chi connectivity index (χ2n) is 6.19. The van der Waals surface area contributed by atoms with Crippen LogP contribution in [0.1, 0.15) is 17.2 Å². The zero-order chi connectivity index (χ0) is 17.2. The Labute approximate surface area is 146 Å². The molecule has 5 nitrogen and oxygen atoms in total. The number of pyridine rings is 1. The van der Waals surface area contributed by atoms with Gasteiger partial charge in [-0.2, -0.15) is 0 Å². The van der Waals surface area contributed by atoms with Crippen molar-refractivity contribution in [3.05, 3.63) is 72.2 Å². The van der Waals surface area contributed by atoms with Gasteiger partial charge in [-0.3, -0.25) is 9.97 Å². The molecule has 0 N–H and O–H groups in total. The molecule has 0 aliphatic carbocycles. The van der Waals surface area contributed by atoms with Crippen molar-refractivity contribution >= 4 is 11.0 Å². The Hall–Kier alpha value is -3.08. The first kappa shape index (κ1) is 15.4. The predicted octanol–water partition coefficient (Wildman–Crippen LogP) is 3.52. The summed E-state index contributed by atoms with van der Waals surface area (Å²) in [5.41, 5.74) is 5.85. The first-order valence-corrected chi connectivity index (χ1v) is 8.35. The van der Waals surface area contributed by atoms with E-state index in [1.54, 1.807) is 0 Å². The van der Waals surface area contributed by atoms with Gasteiger partial charge in [-0.05, 0) is 37.6 Å². The summed E-state index contributed by atoms with van der Waals surface area (Å²) in [7, 11) is 2.03. The molecule has 0 spiro atoms. The van der Waals surface area contributed by atoms with E-state index in [1.165, 1.54) is 0 Å². The fourth-order valence-electron chi connectivity index (χ4n) is 2.85. The molecule has 0 fully saturated rings. The van der Waals surface area contributed by atoms with E-state index in [1.807, 2.05) is 62.9 Å². The molecule has 0 bridgehead atoms. The largest absolute Gasteiger partial charge is 0.337 e. The Morgan fingerprint density at radius 2 is 1.72 bits per heavy atom. The second-order valence-corrected chi connectivity index (χ2v) is 6.19.